The number of ether oxygens (including phenoxy) is 1. The molecule has 0 saturated heterocycles. The highest BCUT2D eigenvalue weighted by Gasteiger charge is 2.17. The van der Waals surface area contributed by atoms with Crippen molar-refractivity contribution in [1.29, 1.82) is 0 Å². The third-order valence-corrected chi connectivity index (χ3v) is 6.58. The van der Waals surface area contributed by atoms with Crippen molar-refractivity contribution in [3.05, 3.63) is 72.3 Å². The number of methoxy groups -OCH3 is 1. The number of nitrogens with one attached hydrogen (secondary N) is 3. The molecule has 0 bridgehead atoms. The molecule has 3 aromatic carbocycles. The van der Waals surface area contributed by atoms with Gasteiger partial charge in [0.05, 0.1) is 23.2 Å². The number of anilines is 1. The standard InChI is InChI=1S/C23H20N4O3S/c1-14-6-7-15-11-22(24-21(15)10-14)23-19-12-16(8-9-20(19)25-26-23)27-31(28,29)18-5-3-4-17(13-18)30-2/h3-13,24,27H,1-2H3,(H,25,26). The van der Waals surface area contributed by atoms with Gasteiger partial charge in [-0.15, -0.1) is 0 Å². The first kappa shape index (κ1) is 19.2. The topological polar surface area (TPSA) is 99.9 Å². The second kappa shape index (κ2) is 7.17. The molecule has 0 radical (unpaired) electrons. The highest BCUT2D eigenvalue weighted by Crippen LogP contribution is 2.31. The zero-order valence-electron chi connectivity index (χ0n) is 16.9. The number of hydrogen-bond acceptors (Lipinski definition) is 4. The van der Waals surface area contributed by atoms with E-state index >= 15 is 0 Å². The van der Waals surface area contributed by atoms with E-state index in [9.17, 15) is 8.42 Å². The lowest BCUT2D eigenvalue weighted by Gasteiger charge is -2.09. The van der Waals surface area contributed by atoms with Crippen LogP contribution in [0.1, 0.15) is 5.56 Å². The minimum Gasteiger partial charge on any atom is -0.497 e. The number of aromatic amines is 2. The Hall–Kier alpha value is -3.78. The van der Waals surface area contributed by atoms with Crippen molar-refractivity contribution in [3.8, 4) is 17.1 Å². The number of sulfonamides is 1. The fourth-order valence-electron chi connectivity index (χ4n) is 3.63. The van der Waals surface area contributed by atoms with Crippen LogP contribution in [-0.2, 0) is 10.0 Å². The minimum absolute atomic E-state index is 0.130. The molecule has 5 aromatic rings. The van der Waals surface area contributed by atoms with Gasteiger partial charge in [0.15, 0.2) is 0 Å². The average molecular weight is 433 g/mol. The van der Waals surface area contributed by atoms with Gasteiger partial charge in [0.25, 0.3) is 10.0 Å². The minimum atomic E-state index is -3.77. The maximum absolute atomic E-state index is 12.9. The van der Waals surface area contributed by atoms with Crippen LogP contribution in [0.4, 0.5) is 5.69 Å². The fourth-order valence-corrected chi connectivity index (χ4v) is 4.72. The van der Waals surface area contributed by atoms with Gasteiger partial charge in [-0.1, -0.05) is 18.2 Å². The molecule has 2 heterocycles. The van der Waals surface area contributed by atoms with Crippen molar-refractivity contribution in [3.63, 3.8) is 0 Å². The molecular formula is C23H20N4O3S. The zero-order chi connectivity index (χ0) is 21.6. The molecule has 0 unspecified atom stereocenters. The van der Waals surface area contributed by atoms with E-state index in [-0.39, 0.29) is 4.90 Å². The molecule has 3 N–H and O–H groups in total. The van der Waals surface area contributed by atoms with E-state index in [1.807, 2.05) is 19.1 Å². The van der Waals surface area contributed by atoms with Gasteiger partial charge in [-0.2, -0.15) is 5.10 Å². The molecule has 2 aromatic heterocycles. The van der Waals surface area contributed by atoms with Crippen LogP contribution in [0.3, 0.4) is 0 Å². The molecule has 0 spiro atoms. The summed E-state index contributed by atoms with van der Waals surface area (Å²) in [6.07, 6.45) is 0. The smallest absolute Gasteiger partial charge is 0.262 e. The normalized spacial score (nSPS) is 11.8. The Morgan fingerprint density at radius 1 is 0.968 bits per heavy atom. The summed E-state index contributed by atoms with van der Waals surface area (Å²) < 4.78 is 33.5. The number of nitrogens with zero attached hydrogens (tertiary/aromatic N) is 1. The van der Waals surface area contributed by atoms with Crippen LogP contribution in [0, 0.1) is 6.92 Å². The van der Waals surface area contributed by atoms with E-state index < -0.39 is 10.0 Å². The molecule has 0 aliphatic heterocycles. The number of aryl methyl sites for hydroxylation is 1. The van der Waals surface area contributed by atoms with E-state index in [0.717, 1.165) is 33.2 Å². The van der Waals surface area contributed by atoms with Crippen molar-refractivity contribution >= 4 is 37.5 Å². The molecule has 0 aliphatic rings. The SMILES string of the molecule is COc1cccc(S(=O)(=O)Nc2ccc3[nH]nc(-c4cc5ccc(C)cc5[nH]4)c3c2)c1. The quantitative estimate of drug-likeness (QED) is 0.370. The summed E-state index contributed by atoms with van der Waals surface area (Å²) in [6.45, 7) is 2.05. The van der Waals surface area contributed by atoms with Crippen LogP contribution >= 0.6 is 0 Å². The largest absolute Gasteiger partial charge is 0.497 e. The lowest BCUT2D eigenvalue weighted by molar-refractivity contribution is 0.413. The molecule has 0 fully saturated rings. The predicted octanol–water partition coefficient (Wildman–Crippen LogP) is 4.83. The first-order chi connectivity index (χ1) is 14.9. The summed E-state index contributed by atoms with van der Waals surface area (Å²) in [5.74, 6) is 0.476. The third kappa shape index (κ3) is 3.51. The number of hydrogen-bond donors (Lipinski definition) is 3. The van der Waals surface area contributed by atoms with Crippen molar-refractivity contribution in [1.82, 2.24) is 15.2 Å². The zero-order valence-corrected chi connectivity index (χ0v) is 17.7. The Balaban J connectivity index is 1.54. The van der Waals surface area contributed by atoms with Gasteiger partial charge in [0.1, 0.15) is 11.4 Å². The van der Waals surface area contributed by atoms with Gasteiger partial charge in [-0.05, 0) is 55.0 Å². The van der Waals surface area contributed by atoms with Crippen LogP contribution in [-0.4, -0.2) is 30.7 Å². The molecule has 31 heavy (non-hydrogen) atoms. The molecule has 0 aliphatic carbocycles. The van der Waals surface area contributed by atoms with Gasteiger partial charge >= 0.3 is 0 Å². The summed E-state index contributed by atoms with van der Waals surface area (Å²) in [5.41, 5.74) is 5.05. The van der Waals surface area contributed by atoms with E-state index in [2.05, 4.69) is 38.1 Å². The molecule has 0 saturated carbocycles. The summed E-state index contributed by atoms with van der Waals surface area (Å²) in [6, 6.07) is 19.9. The van der Waals surface area contributed by atoms with Gasteiger partial charge in [-0.3, -0.25) is 9.82 Å². The van der Waals surface area contributed by atoms with Crippen LogP contribution in [0.15, 0.2) is 71.6 Å². The highest BCUT2D eigenvalue weighted by atomic mass is 32.2. The maximum Gasteiger partial charge on any atom is 0.262 e. The maximum atomic E-state index is 12.9. The Kier molecular flexibility index (Phi) is 4.44. The van der Waals surface area contributed by atoms with Crippen molar-refractivity contribution in [2.75, 3.05) is 11.8 Å². The molecule has 156 valence electrons. The first-order valence-electron chi connectivity index (χ1n) is 9.68. The van der Waals surface area contributed by atoms with Crippen molar-refractivity contribution in [2.45, 2.75) is 11.8 Å². The number of H-pyrrole nitrogens is 2. The lowest BCUT2D eigenvalue weighted by atomic mass is 10.1. The number of rotatable bonds is 5. The Bertz CT molecular complexity index is 1530. The van der Waals surface area contributed by atoms with Crippen molar-refractivity contribution < 1.29 is 13.2 Å². The Labute approximate surface area is 179 Å². The molecular weight excluding hydrogens is 412 g/mol. The van der Waals surface area contributed by atoms with E-state index in [1.165, 1.54) is 24.8 Å². The third-order valence-electron chi connectivity index (χ3n) is 5.20. The lowest BCUT2D eigenvalue weighted by Crippen LogP contribution is -2.12. The number of benzene rings is 3. The molecule has 0 amide bonds. The second-order valence-corrected chi connectivity index (χ2v) is 9.07. The van der Waals surface area contributed by atoms with Gasteiger partial charge in [-0.25, -0.2) is 8.42 Å². The van der Waals surface area contributed by atoms with Crippen LogP contribution < -0.4 is 9.46 Å². The Morgan fingerprint density at radius 2 is 1.84 bits per heavy atom. The van der Waals surface area contributed by atoms with Crippen LogP contribution in [0.25, 0.3) is 33.2 Å². The Morgan fingerprint density at radius 3 is 2.68 bits per heavy atom. The summed E-state index contributed by atoms with van der Waals surface area (Å²) in [7, 11) is -2.27. The van der Waals surface area contributed by atoms with Gasteiger partial charge in [0.2, 0.25) is 0 Å². The van der Waals surface area contributed by atoms with Gasteiger partial charge < -0.3 is 9.72 Å². The number of fused-ring (bicyclic) bond motifs is 2. The van der Waals surface area contributed by atoms with Crippen molar-refractivity contribution in [2.24, 2.45) is 0 Å². The molecule has 5 rings (SSSR count). The monoisotopic (exact) mass is 432 g/mol. The number of aromatic nitrogens is 3. The van der Waals surface area contributed by atoms with Crippen LogP contribution in [0.5, 0.6) is 5.75 Å². The summed E-state index contributed by atoms with van der Waals surface area (Å²) in [4.78, 5) is 3.53. The molecule has 7 nitrogen and oxygen atoms in total. The first-order valence-corrected chi connectivity index (χ1v) is 11.2. The highest BCUT2D eigenvalue weighted by molar-refractivity contribution is 7.92. The van der Waals surface area contributed by atoms with E-state index in [4.69, 9.17) is 4.74 Å². The second-order valence-electron chi connectivity index (χ2n) is 7.39. The average Bonchev–Trinajstić information content (AvgIpc) is 3.36. The predicted molar refractivity (Wildman–Crippen MR) is 122 cm³/mol. The molecule has 8 heteroatoms. The summed E-state index contributed by atoms with van der Waals surface area (Å²) in [5, 5.41) is 9.37. The molecule has 0 atom stereocenters. The fraction of sp³-hybridized carbons (Fsp3) is 0.0870. The van der Waals surface area contributed by atoms with E-state index in [1.54, 1.807) is 24.3 Å². The van der Waals surface area contributed by atoms with E-state index in [0.29, 0.717) is 11.4 Å². The van der Waals surface area contributed by atoms with Gasteiger partial charge in [0, 0.05) is 28.0 Å². The summed E-state index contributed by atoms with van der Waals surface area (Å²) >= 11 is 0. The van der Waals surface area contributed by atoms with Crippen LogP contribution in [0.2, 0.25) is 0 Å².